The zero-order valence-electron chi connectivity index (χ0n) is 14.5. The molecule has 0 heterocycles. The first-order valence-corrected chi connectivity index (χ1v) is 9.42. The number of sulfonamides is 1. The Kier molecular flexibility index (Phi) is 6.99. The van der Waals surface area contributed by atoms with Crippen LogP contribution in [0.3, 0.4) is 0 Å². The standard InChI is InChI=1S/C17H19N3O6S/c1-26-11-10-19-27(24,25)16-8-4-14(5-9-16)17(21)18-12-13-2-6-15(7-3-13)20(22)23/h2-9,19H,10-12H2,1H3,(H,18,21). The lowest BCUT2D eigenvalue weighted by Gasteiger charge is -2.08. The molecule has 0 bridgehead atoms. The van der Waals surface area contributed by atoms with Crippen LogP contribution in [0.25, 0.3) is 0 Å². The van der Waals surface area contributed by atoms with Crippen LogP contribution in [0.15, 0.2) is 53.4 Å². The maximum Gasteiger partial charge on any atom is 0.269 e. The molecule has 0 atom stereocenters. The third-order valence-corrected chi connectivity index (χ3v) is 5.10. The van der Waals surface area contributed by atoms with Crippen molar-refractivity contribution in [2.24, 2.45) is 0 Å². The van der Waals surface area contributed by atoms with E-state index in [1.54, 1.807) is 12.1 Å². The van der Waals surface area contributed by atoms with Crippen molar-refractivity contribution < 1.29 is 22.9 Å². The number of carbonyl (C=O) groups excluding carboxylic acids is 1. The summed E-state index contributed by atoms with van der Waals surface area (Å²) in [6.45, 7) is 0.591. The Morgan fingerprint density at radius 1 is 1.11 bits per heavy atom. The number of carbonyl (C=O) groups is 1. The molecule has 144 valence electrons. The van der Waals surface area contributed by atoms with Crippen LogP contribution in [0.4, 0.5) is 5.69 Å². The van der Waals surface area contributed by atoms with Crippen LogP contribution >= 0.6 is 0 Å². The number of ether oxygens (including phenoxy) is 1. The van der Waals surface area contributed by atoms with Gasteiger partial charge in [0, 0.05) is 37.9 Å². The molecule has 0 aliphatic heterocycles. The van der Waals surface area contributed by atoms with Crippen LogP contribution in [-0.4, -0.2) is 39.5 Å². The summed E-state index contributed by atoms with van der Waals surface area (Å²) in [4.78, 5) is 22.3. The zero-order chi connectivity index (χ0) is 19.9. The third-order valence-electron chi connectivity index (χ3n) is 3.63. The summed E-state index contributed by atoms with van der Waals surface area (Å²) < 4.78 is 31.3. The topological polar surface area (TPSA) is 128 Å². The number of nitro benzene ring substituents is 1. The van der Waals surface area contributed by atoms with E-state index in [1.165, 1.54) is 43.5 Å². The fraction of sp³-hybridized carbons (Fsp3) is 0.235. The van der Waals surface area contributed by atoms with E-state index in [4.69, 9.17) is 4.74 Å². The molecule has 0 aliphatic carbocycles. The average Bonchev–Trinajstić information content (AvgIpc) is 2.66. The molecule has 2 aromatic carbocycles. The van der Waals surface area contributed by atoms with E-state index in [0.717, 1.165) is 0 Å². The molecule has 27 heavy (non-hydrogen) atoms. The molecule has 10 heteroatoms. The van der Waals surface area contributed by atoms with Gasteiger partial charge in [0.2, 0.25) is 10.0 Å². The van der Waals surface area contributed by atoms with Crippen molar-refractivity contribution in [2.75, 3.05) is 20.3 Å². The van der Waals surface area contributed by atoms with Crippen LogP contribution in [0.5, 0.6) is 0 Å². The summed E-state index contributed by atoms with van der Waals surface area (Å²) in [5.41, 5.74) is 0.976. The second-order valence-electron chi connectivity index (χ2n) is 5.52. The Morgan fingerprint density at radius 3 is 2.30 bits per heavy atom. The minimum absolute atomic E-state index is 0.0269. The van der Waals surface area contributed by atoms with E-state index in [1.807, 2.05) is 0 Å². The number of nitro groups is 1. The SMILES string of the molecule is COCCNS(=O)(=O)c1ccc(C(=O)NCc2ccc([N+](=O)[O-])cc2)cc1. The summed E-state index contributed by atoms with van der Waals surface area (Å²) in [6.07, 6.45) is 0. The van der Waals surface area contributed by atoms with E-state index < -0.39 is 14.9 Å². The highest BCUT2D eigenvalue weighted by Crippen LogP contribution is 2.13. The summed E-state index contributed by atoms with van der Waals surface area (Å²) in [6, 6.07) is 11.3. The molecule has 0 saturated heterocycles. The number of hydrogen-bond acceptors (Lipinski definition) is 6. The minimum Gasteiger partial charge on any atom is -0.383 e. The van der Waals surface area contributed by atoms with Gasteiger partial charge in [-0.2, -0.15) is 0 Å². The van der Waals surface area contributed by atoms with Crippen molar-refractivity contribution in [3.05, 3.63) is 69.8 Å². The Labute approximate surface area is 156 Å². The molecule has 0 spiro atoms. The Bertz CT molecular complexity index is 895. The van der Waals surface area contributed by atoms with Crippen LogP contribution in [0, 0.1) is 10.1 Å². The quantitative estimate of drug-likeness (QED) is 0.377. The van der Waals surface area contributed by atoms with Gasteiger partial charge in [-0.05, 0) is 29.8 Å². The van der Waals surface area contributed by atoms with E-state index >= 15 is 0 Å². The van der Waals surface area contributed by atoms with Gasteiger partial charge in [0.15, 0.2) is 0 Å². The molecule has 1 amide bonds. The van der Waals surface area contributed by atoms with Gasteiger partial charge in [-0.25, -0.2) is 13.1 Å². The highest BCUT2D eigenvalue weighted by molar-refractivity contribution is 7.89. The third kappa shape index (κ3) is 5.84. The van der Waals surface area contributed by atoms with Crippen molar-refractivity contribution in [1.29, 1.82) is 0 Å². The first-order chi connectivity index (χ1) is 12.8. The number of non-ortho nitro benzene ring substituents is 1. The Hall–Kier alpha value is -2.82. The number of nitrogens with one attached hydrogen (secondary N) is 2. The second kappa shape index (κ2) is 9.21. The molecule has 0 aliphatic rings. The zero-order valence-corrected chi connectivity index (χ0v) is 15.4. The monoisotopic (exact) mass is 393 g/mol. The van der Waals surface area contributed by atoms with E-state index in [2.05, 4.69) is 10.0 Å². The number of amides is 1. The normalized spacial score (nSPS) is 11.1. The number of benzene rings is 2. The highest BCUT2D eigenvalue weighted by Gasteiger charge is 2.14. The van der Waals surface area contributed by atoms with Gasteiger partial charge < -0.3 is 10.1 Å². The first kappa shape index (κ1) is 20.5. The molecular formula is C17H19N3O6S. The molecule has 2 N–H and O–H groups in total. The Morgan fingerprint density at radius 2 is 1.74 bits per heavy atom. The molecule has 9 nitrogen and oxygen atoms in total. The summed E-state index contributed by atoms with van der Waals surface area (Å²) in [7, 11) is -2.19. The fourth-order valence-corrected chi connectivity index (χ4v) is 3.18. The fourth-order valence-electron chi connectivity index (χ4n) is 2.17. The average molecular weight is 393 g/mol. The van der Waals surface area contributed by atoms with Gasteiger partial charge in [-0.1, -0.05) is 12.1 Å². The van der Waals surface area contributed by atoms with Gasteiger partial charge in [0.25, 0.3) is 11.6 Å². The highest BCUT2D eigenvalue weighted by atomic mass is 32.2. The van der Waals surface area contributed by atoms with Crippen molar-refractivity contribution in [2.45, 2.75) is 11.4 Å². The first-order valence-electron chi connectivity index (χ1n) is 7.93. The minimum atomic E-state index is -3.66. The molecule has 0 radical (unpaired) electrons. The number of rotatable bonds is 9. The van der Waals surface area contributed by atoms with Crippen molar-refractivity contribution in [1.82, 2.24) is 10.0 Å². The number of hydrogen-bond donors (Lipinski definition) is 2. The molecule has 0 aromatic heterocycles. The summed E-state index contributed by atoms with van der Waals surface area (Å²) in [5.74, 6) is -0.385. The van der Waals surface area contributed by atoms with Crippen LogP contribution in [-0.2, 0) is 21.3 Å². The van der Waals surface area contributed by atoms with Crippen LogP contribution < -0.4 is 10.0 Å². The molecule has 2 aromatic rings. The summed E-state index contributed by atoms with van der Waals surface area (Å²) >= 11 is 0. The number of nitrogens with zero attached hydrogens (tertiary/aromatic N) is 1. The predicted molar refractivity (Wildman–Crippen MR) is 97.8 cm³/mol. The van der Waals surface area contributed by atoms with Gasteiger partial charge in [-0.15, -0.1) is 0 Å². The Balaban J connectivity index is 1.96. The molecule has 0 saturated carbocycles. The second-order valence-corrected chi connectivity index (χ2v) is 7.29. The number of methoxy groups -OCH3 is 1. The van der Waals surface area contributed by atoms with Crippen molar-refractivity contribution in [3.8, 4) is 0 Å². The van der Waals surface area contributed by atoms with E-state index in [0.29, 0.717) is 11.1 Å². The van der Waals surface area contributed by atoms with Gasteiger partial charge >= 0.3 is 0 Å². The predicted octanol–water partition coefficient (Wildman–Crippen LogP) is 1.45. The molecule has 0 unspecified atom stereocenters. The maximum absolute atomic E-state index is 12.2. The largest absolute Gasteiger partial charge is 0.383 e. The smallest absolute Gasteiger partial charge is 0.269 e. The van der Waals surface area contributed by atoms with Crippen molar-refractivity contribution >= 4 is 21.6 Å². The van der Waals surface area contributed by atoms with E-state index in [-0.39, 0.29) is 36.2 Å². The molecular weight excluding hydrogens is 374 g/mol. The lowest BCUT2D eigenvalue weighted by molar-refractivity contribution is -0.384. The lowest BCUT2D eigenvalue weighted by Crippen LogP contribution is -2.27. The maximum atomic E-state index is 12.2. The lowest BCUT2D eigenvalue weighted by atomic mass is 10.2. The van der Waals surface area contributed by atoms with Gasteiger partial charge in [-0.3, -0.25) is 14.9 Å². The van der Waals surface area contributed by atoms with Crippen LogP contribution in [0.2, 0.25) is 0 Å². The van der Waals surface area contributed by atoms with E-state index in [9.17, 15) is 23.3 Å². The summed E-state index contributed by atoms with van der Waals surface area (Å²) in [5, 5.41) is 13.3. The van der Waals surface area contributed by atoms with Gasteiger partial charge in [0.05, 0.1) is 16.4 Å². The van der Waals surface area contributed by atoms with Crippen LogP contribution in [0.1, 0.15) is 15.9 Å². The molecule has 0 fully saturated rings. The van der Waals surface area contributed by atoms with Gasteiger partial charge in [0.1, 0.15) is 0 Å². The molecule has 2 rings (SSSR count). The van der Waals surface area contributed by atoms with Crippen molar-refractivity contribution in [3.63, 3.8) is 0 Å².